The molecule has 0 aliphatic carbocycles. The van der Waals surface area contributed by atoms with E-state index >= 15 is 0 Å². The van der Waals surface area contributed by atoms with E-state index < -0.39 is 22.4 Å². The fourth-order valence-electron chi connectivity index (χ4n) is 2.30. The number of amides is 2. The molecule has 12 heteroatoms. The van der Waals surface area contributed by atoms with Crippen LogP contribution < -0.4 is 21.7 Å². The summed E-state index contributed by atoms with van der Waals surface area (Å²) in [6.45, 7) is 0. The lowest BCUT2D eigenvalue weighted by Crippen LogP contribution is -2.32. The molecule has 1 aromatic heterocycles. The molecule has 152 valence electrons. The number of hydrogen-bond acceptors (Lipinski definition) is 8. The minimum Gasteiger partial charge on any atom is -0.276 e. The Balaban J connectivity index is 1.72. The van der Waals surface area contributed by atoms with E-state index in [0.29, 0.717) is 11.1 Å². The number of nitro groups is 1. The van der Waals surface area contributed by atoms with Gasteiger partial charge < -0.3 is 0 Å². The van der Waals surface area contributed by atoms with Gasteiger partial charge in [0.2, 0.25) is 11.6 Å². The Kier molecular flexibility index (Phi) is 6.49. The lowest BCUT2D eigenvalue weighted by molar-refractivity contribution is -0.383. The Morgan fingerprint density at radius 3 is 1.83 bits per heavy atom. The number of anilines is 2. The van der Waals surface area contributed by atoms with E-state index in [0.717, 1.165) is 10.8 Å². The third-order valence-corrected chi connectivity index (χ3v) is 4.26. The van der Waals surface area contributed by atoms with Crippen LogP contribution in [0.5, 0.6) is 0 Å². The number of carbonyl (C=O) groups excluding carboxylic acids is 2. The number of hydrogen-bond donors (Lipinski definition) is 4. The van der Waals surface area contributed by atoms with Gasteiger partial charge in [-0.2, -0.15) is 0 Å². The Labute approximate surface area is 178 Å². The number of nitrogens with one attached hydrogen (secondary N) is 4. The van der Waals surface area contributed by atoms with Crippen molar-refractivity contribution in [2.45, 2.75) is 0 Å². The predicted molar refractivity (Wildman–Crippen MR) is 111 cm³/mol. The Bertz CT molecular complexity index is 1080. The van der Waals surface area contributed by atoms with Gasteiger partial charge in [-0.1, -0.05) is 34.1 Å². The second-order valence-corrected chi connectivity index (χ2v) is 6.62. The summed E-state index contributed by atoms with van der Waals surface area (Å²) in [5, 5.41) is 11.5. The molecule has 30 heavy (non-hydrogen) atoms. The molecule has 2 aromatic carbocycles. The van der Waals surface area contributed by atoms with Crippen LogP contribution in [0.1, 0.15) is 20.7 Å². The van der Waals surface area contributed by atoms with Crippen molar-refractivity contribution < 1.29 is 14.5 Å². The van der Waals surface area contributed by atoms with Gasteiger partial charge in [0.15, 0.2) is 0 Å². The van der Waals surface area contributed by atoms with Gasteiger partial charge in [-0.3, -0.25) is 41.4 Å². The summed E-state index contributed by atoms with van der Waals surface area (Å²) >= 11 is 3.27. The number of carbonyl (C=O) groups is 2. The van der Waals surface area contributed by atoms with Crippen LogP contribution in [0.25, 0.3) is 0 Å². The molecule has 0 saturated carbocycles. The van der Waals surface area contributed by atoms with Crippen molar-refractivity contribution >= 4 is 45.1 Å². The van der Waals surface area contributed by atoms with Crippen LogP contribution in [0.3, 0.4) is 0 Å². The predicted octanol–water partition coefficient (Wildman–Crippen LogP) is 2.66. The fraction of sp³-hybridized carbons (Fsp3) is 0. The second-order valence-electron chi connectivity index (χ2n) is 5.71. The van der Waals surface area contributed by atoms with E-state index in [-0.39, 0.29) is 11.6 Å². The number of benzene rings is 2. The Hall–Kier alpha value is -4.06. The van der Waals surface area contributed by atoms with E-state index in [1.165, 1.54) is 0 Å². The summed E-state index contributed by atoms with van der Waals surface area (Å²) in [6, 6.07) is 14.8. The molecule has 0 aliphatic rings. The SMILES string of the molecule is O=C(NNc1ncnc(NNC(=O)c2ccc(Br)cc2)c1[N+](=O)[O-])c1ccccc1. The number of nitrogens with zero attached hydrogens (tertiary/aromatic N) is 3. The van der Waals surface area contributed by atoms with Crippen LogP contribution >= 0.6 is 15.9 Å². The lowest BCUT2D eigenvalue weighted by atomic mass is 10.2. The van der Waals surface area contributed by atoms with Crippen LogP contribution in [0, 0.1) is 10.1 Å². The van der Waals surface area contributed by atoms with Crippen LogP contribution in [0.4, 0.5) is 17.3 Å². The Morgan fingerprint density at radius 2 is 1.33 bits per heavy atom. The molecule has 0 radical (unpaired) electrons. The molecule has 0 spiro atoms. The number of aromatic nitrogens is 2. The normalized spacial score (nSPS) is 10.0. The van der Waals surface area contributed by atoms with Crippen molar-refractivity contribution in [1.82, 2.24) is 20.8 Å². The second kappa shape index (κ2) is 9.43. The van der Waals surface area contributed by atoms with Gasteiger partial charge in [-0.15, -0.1) is 0 Å². The van der Waals surface area contributed by atoms with Gasteiger partial charge >= 0.3 is 5.69 Å². The first-order valence-corrected chi connectivity index (χ1v) is 9.17. The average Bonchev–Trinajstić information content (AvgIpc) is 2.76. The van der Waals surface area contributed by atoms with Crippen molar-refractivity contribution in [3.8, 4) is 0 Å². The van der Waals surface area contributed by atoms with Crippen molar-refractivity contribution in [3.05, 3.63) is 86.6 Å². The van der Waals surface area contributed by atoms with Crippen LogP contribution in [-0.4, -0.2) is 26.7 Å². The van der Waals surface area contributed by atoms with Crippen molar-refractivity contribution in [2.24, 2.45) is 0 Å². The quantitative estimate of drug-likeness (QED) is 0.303. The molecular weight excluding hydrogens is 458 g/mol. The average molecular weight is 472 g/mol. The molecule has 0 bridgehead atoms. The summed E-state index contributed by atoms with van der Waals surface area (Å²) in [5.74, 6) is -1.57. The van der Waals surface area contributed by atoms with Crippen molar-refractivity contribution in [1.29, 1.82) is 0 Å². The van der Waals surface area contributed by atoms with E-state index in [9.17, 15) is 19.7 Å². The van der Waals surface area contributed by atoms with E-state index in [1.54, 1.807) is 54.6 Å². The molecule has 4 N–H and O–H groups in total. The maximum atomic E-state index is 12.2. The zero-order valence-electron chi connectivity index (χ0n) is 15.1. The molecule has 0 atom stereocenters. The van der Waals surface area contributed by atoms with E-state index in [1.807, 2.05) is 0 Å². The minimum atomic E-state index is -0.745. The standard InChI is InChI=1S/C18H14BrN7O4/c19-13-8-6-12(7-9-13)18(28)25-23-16-14(26(29)30)15(20-10-21-16)22-24-17(27)11-4-2-1-3-5-11/h1-10H,(H,24,27)(H,25,28)(H2,20,21,22,23). The first kappa shape index (κ1) is 20.7. The molecule has 0 saturated heterocycles. The zero-order valence-corrected chi connectivity index (χ0v) is 16.7. The van der Waals surface area contributed by atoms with Gasteiger partial charge in [-0.05, 0) is 36.4 Å². The van der Waals surface area contributed by atoms with Crippen molar-refractivity contribution in [2.75, 3.05) is 10.9 Å². The number of rotatable bonds is 7. The highest BCUT2D eigenvalue weighted by molar-refractivity contribution is 9.10. The van der Waals surface area contributed by atoms with Crippen LogP contribution in [0.15, 0.2) is 65.4 Å². The first-order chi connectivity index (χ1) is 14.5. The summed E-state index contributed by atoms with van der Waals surface area (Å²) < 4.78 is 0.798. The molecule has 0 aliphatic heterocycles. The summed E-state index contributed by atoms with van der Waals surface area (Å²) in [6.07, 6.45) is 1.04. The van der Waals surface area contributed by atoms with Crippen LogP contribution in [0.2, 0.25) is 0 Å². The molecule has 3 aromatic rings. The van der Waals surface area contributed by atoms with Gasteiger partial charge in [0.25, 0.3) is 11.8 Å². The molecule has 0 fully saturated rings. The topological polar surface area (TPSA) is 151 Å². The maximum Gasteiger partial charge on any atom is 0.356 e. The monoisotopic (exact) mass is 471 g/mol. The van der Waals surface area contributed by atoms with Crippen LogP contribution in [-0.2, 0) is 0 Å². The number of halogens is 1. The minimum absolute atomic E-state index is 0.264. The summed E-state index contributed by atoms with van der Waals surface area (Å²) in [4.78, 5) is 42.7. The Morgan fingerprint density at radius 1 is 0.833 bits per heavy atom. The van der Waals surface area contributed by atoms with Gasteiger partial charge in [0.05, 0.1) is 4.92 Å². The summed E-state index contributed by atoms with van der Waals surface area (Å²) in [5.41, 5.74) is 9.59. The first-order valence-electron chi connectivity index (χ1n) is 8.38. The third-order valence-electron chi connectivity index (χ3n) is 3.74. The zero-order chi connectivity index (χ0) is 21.5. The maximum absolute atomic E-state index is 12.2. The highest BCUT2D eigenvalue weighted by Crippen LogP contribution is 2.27. The van der Waals surface area contributed by atoms with Gasteiger partial charge in [-0.25, -0.2) is 9.97 Å². The molecule has 1 heterocycles. The molecule has 2 amide bonds. The molecule has 0 unspecified atom stereocenters. The molecular formula is C18H14BrN7O4. The molecule has 3 rings (SSSR count). The number of hydrazine groups is 2. The third kappa shape index (κ3) is 5.05. The highest BCUT2D eigenvalue weighted by Gasteiger charge is 2.24. The lowest BCUT2D eigenvalue weighted by Gasteiger charge is -2.11. The van der Waals surface area contributed by atoms with Crippen molar-refractivity contribution in [3.63, 3.8) is 0 Å². The van der Waals surface area contributed by atoms with E-state index in [4.69, 9.17) is 0 Å². The van der Waals surface area contributed by atoms with Gasteiger partial charge in [0.1, 0.15) is 6.33 Å². The van der Waals surface area contributed by atoms with E-state index in [2.05, 4.69) is 47.6 Å². The smallest absolute Gasteiger partial charge is 0.276 e. The largest absolute Gasteiger partial charge is 0.356 e. The highest BCUT2D eigenvalue weighted by atomic mass is 79.9. The fourth-order valence-corrected chi connectivity index (χ4v) is 2.57. The van der Waals surface area contributed by atoms with Gasteiger partial charge in [0, 0.05) is 15.6 Å². The molecule has 11 nitrogen and oxygen atoms in total. The summed E-state index contributed by atoms with van der Waals surface area (Å²) in [7, 11) is 0.